The van der Waals surface area contributed by atoms with Gasteiger partial charge in [0.25, 0.3) is 0 Å². The molecule has 0 aromatic carbocycles. The Kier molecular flexibility index (Phi) is 2.69. The molecule has 13 heavy (non-hydrogen) atoms. The van der Waals surface area contributed by atoms with Crippen molar-refractivity contribution in [1.29, 1.82) is 0 Å². The highest BCUT2D eigenvalue weighted by molar-refractivity contribution is 7.92. The molecule has 0 aliphatic heterocycles. The zero-order valence-electron chi connectivity index (χ0n) is 6.30. The normalized spacial score (nSPS) is 17.0. The Morgan fingerprint density at radius 2 is 1.92 bits per heavy atom. The molecule has 0 heterocycles. The fraction of sp³-hybridized carbons (Fsp3) is 0.167. The highest BCUT2D eigenvalue weighted by Gasteiger charge is 2.23. The summed E-state index contributed by atoms with van der Waals surface area (Å²) in [5, 5.41) is 0. The predicted molar refractivity (Wildman–Crippen MR) is 45.4 cm³/mol. The van der Waals surface area contributed by atoms with E-state index >= 15 is 0 Å². The van der Waals surface area contributed by atoms with Crippen molar-refractivity contribution in [3.63, 3.8) is 0 Å². The molecule has 7 heteroatoms. The van der Waals surface area contributed by atoms with Crippen LogP contribution in [-0.2, 0) is 25.0 Å². The Labute approximate surface area is 76.7 Å². The molecule has 0 unspecified atom stereocenters. The minimum atomic E-state index is -4.69. The quantitative estimate of drug-likeness (QED) is 0.566. The van der Waals surface area contributed by atoms with E-state index in [1.807, 2.05) is 0 Å². The van der Waals surface area contributed by atoms with Gasteiger partial charge in [-0.15, -0.1) is 0 Å². The van der Waals surface area contributed by atoms with Crippen LogP contribution >= 0.6 is 0 Å². The third-order valence-electron chi connectivity index (χ3n) is 1.43. The van der Waals surface area contributed by atoms with Crippen LogP contribution in [-0.4, -0.2) is 21.7 Å². The van der Waals surface area contributed by atoms with Crippen molar-refractivity contribution in [2.45, 2.75) is 6.42 Å². The summed E-state index contributed by atoms with van der Waals surface area (Å²) in [5.41, 5.74) is 0. The minimum Gasteiger partial charge on any atom is -0.191 e. The summed E-state index contributed by atoms with van der Waals surface area (Å²) < 4.78 is 52.6. The second kappa shape index (κ2) is 3.44. The molecule has 0 spiro atoms. The second-order valence-electron chi connectivity index (χ2n) is 2.28. The summed E-state index contributed by atoms with van der Waals surface area (Å²) in [4.78, 5) is -1.04. The third-order valence-corrected chi connectivity index (χ3v) is 3.27. The Morgan fingerprint density at radius 3 is 2.31 bits per heavy atom. The van der Waals surface area contributed by atoms with Gasteiger partial charge in [0, 0.05) is 6.42 Å². The summed E-state index contributed by atoms with van der Waals surface area (Å²) in [6, 6.07) is 0. The van der Waals surface area contributed by atoms with Gasteiger partial charge >= 0.3 is 10.1 Å². The molecule has 0 fully saturated rings. The lowest BCUT2D eigenvalue weighted by molar-refractivity contribution is 0.422. The van der Waals surface area contributed by atoms with Crippen LogP contribution in [0, 0.1) is 0 Å². The van der Waals surface area contributed by atoms with Crippen molar-refractivity contribution in [2.75, 3.05) is 0 Å². The maximum atomic E-state index is 10.5. The Morgan fingerprint density at radius 1 is 1.31 bits per heavy atom. The van der Waals surface area contributed by atoms with E-state index in [1.165, 1.54) is 12.2 Å². The SMILES string of the molecule is [O]S(=O)(=O)C1=CC=CCC1=S(=O)=O. The third kappa shape index (κ3) is 2.27. The molecule has 0 amide bonds. The fourth-order valence-electron chi connectivity index (χ4n) is 0.897. The lowest BCUT2D eigenvalue weighted by atomic mass is 10.2. The van der Waals surface area contributed by atoms with Crippen LogP contribution in [0.2, 0.25) is 0 Å². The Bertz CT molecular complexity index is 495. The molecule has 0 N–H and O–H groups in total. The van der Waals surface area contributed by atoms with Crippen LogP contribution in [0.4, 0.5) is 0 Å². The van der Waals surface area contributed by atoms with Gasteiger partial charge in [-0.05, 0) is 6.08 Å². The topological polar surface area (TPSA) is 88.2 Å². The van der Waals surface area contributed by atoms with Gasteiger partial charge in [0.05, 0.1) is 4.86 Å². The second-order valence-corrected chi connectivity index (χ2v) is 4.59. The molecule has 0 aromatic heterocycles. The summed E-state index contributed by atoms with van der Waals surface area (Å²) in [6.07, 6.45) is 3.72. The van der Waals surface area contributed by atoms with Gasteiger partial charge in [-0.25, -0.2) is 0 Å². The molecule has 71 valence electrons. The Balaban J connectivity index is 3.46. The molecule has 0 saturated heterocycles. The molecule has 1 rings (SSSR count). The average molecular weight is 221 g/mol. The highest BCUT2D eigenvalue weighted by atomic mass is 32.2. The predicted octanol–water partition coefficient (Wildman–Crippen LogP) is -0.358. The maximum Gasteiger partial charge on any atom is 0.325 e. The van der Waals surface area contributed by atoms with Crippen LogP contribution in [0.3, 0.4) is 0 Å². The van der Waals surface area contributed by atoms with Crippen molar-refractivity contribution < 1.29 is 21.4 Å². The first-order chi connectivity index (χ1) is 5.93. The number of hydrogen-bond donors (Lipinski definition) is 0. The number of rotatable bonds is 1. The van der Waals surface area contributed by atoms with Crippen molar-refractivity contribution in [3.05, 3.63) is 23.1 Å². The minimum absolute atomic E-state index is 0.0522. The summed E-state index contributed by atoms with van der Waals surface area (Å²) in [7, 11) is -7.35. The van der Waals surface area contributed by atoms with E-state index in [0.717, 1.165) is 6.08 Å². The first kappa shape index (κ1) is 10.2. The van der Waals surface area contributed by atoms with Gasteiger partial charge in [-0.1, -0.05) is 16.7 Å². The largest absolute Gasteiger partial charge is 0.325 e. The van der Waals surface area contributed by atoms with Crippen molar-refractivity contribution in [1.82, 2.24) is 0 Å². The van der Waals surface area contributed by atoms with Gasteiger partial charge in [-0.3, -0.25) is 0 Å². The van der Waals surface area contributed by atoms with Gasteiger partial charge < -0.3 is 0 Å². The molecule has 1 aliphatic carbocycles. The standard InChI is InChI=1S/C6H5O5S2/c7-12(8)5-3-1-2-4-6(5)13(9,10)11/h1-2,4H,3H2. The monoisotopic (exact) mass is 221 g/mol. The van der Waals surface area contributed by atoms with Gasteiger partial charge in [0.1, 0.15) is 4.91 Å². The first-order valence-electron chi connectivity index (χ1n) is 3.21. The van der Waals surface area contributed by atoms with E-state index in [-0.39, 0.29) is 11.3 Å². The zero-order valence-corrected chi connectivity index (χ0v) is 7.93. The molecule has 0 bridgehead atoms. The Hall–Kier alpha value is -0.920. The van der Waals surface area contributed by atoms with E-state index in [2.05, 4.69) is 0 Å². The molecule has 1 radical (unpaired) electrons. The van der Waals surface area contributed by atoms with Crippen LogP contribution in [0.25, 0.3) is 0 Å². The van der Waals surface area contributed by atoms with E-state index in [4.69, 9.17) is 0 Å². The van der Waals surface area contributed by atoms with E-state index in [0.29, 0.717) is 0 Å². The molecule has 1 aliphatic rings. The molecule has 5 nitrogen and oxygen atoms in total. The molecule has 0 aromatic rings. The van der Waals surface area contributed by atoms with Gasteiger partial charge in [0.15, 0.2) is 0 Å². The fourth-order valence-corrected chi connectivity index (χ4v) is 2.48. The molecular formula is C6H5O5S2. The first-order valence-corrected chi connectivity index (χ1v) is 5.69. The number of allylic oxidation sites excluding steroid dienone is 4. The van der Waals surface area contributed by atoms with Crippen LogP contribution < -0.4 is 0 Å². The lowest BCUT2D eigenvalue weighted by Crippen LogP contribution is -2.13. The number of hydrogen-bond acceptors (Lipinski definition) is 4. The van der Waals surface area contributed by atoms with Crippen LogP contribution in [0.15, 0.2) is 23.1 Å². The smallest absolute Gasteiger partial charge is 0.191 e. The molecular weight excluding hydrogens is 216 g/mol. The molecule has 0 atom stereocenters. The van der Waals surface area contributed by atoms with Crippen LogP contribution in [0.5, 0.6) is 0 Å². The molecule has 0 saturated carbocycles. The van der Waals surface area contributed by atoms with E-state index in [1.54, 1.807) is 0 Å². The van der Waals surface area contributed by atoms with E-state index in [9.17, 15) is 21.4 Å². The summed E-state index contributed by atoms with van der Waals surface area (Å²) >= 11 is 0. The van der Waals surface area contributed by atoms with Crippen LogP contribution in [0.1, 0.15) is 6.42 Å². The van der Waals surface area contributed by atoms with Gasteiger partial charge in [0.2, 0.25) is 10.3 Å². The summed E-state index contributed by atoms with van der Waals surface area (Å²) in [5.74, 6) is 0. The van der Waals surface area contributed by atoms with E-state index < -0.39 is 25.3 Å². The van der Waals surface area contributed by atoms with Gasteiger partial charge in [-0.2, -0.15) is 16.8 Å². The summed E-state index contributed by atoms with van der Waals surface area (Å²) in [6.45, 7) is 0. The highest BCUT2D eigenvalue weighted by Crippen LogP contribution is 2.14. The van der Waals surface area contributed by atoms with Crippen molar-refractivity contribution in [3.8, 4) is 0 Å². The zero-order chi connectivity index (χ0) is 10.1. The van der Waals surface area contributed by atoms with Crippen molar-refractivity contribution >= 4 is 25.3 Å². The average Bonchev–Trinajstić information content (AvgIpc) is 2.03. The lowest BCUT2D eigenvalue weighted by Gasteiger charge is -2.03. The van der Waals surface area contributed by atoms with Crippen molar-refractivity contribution in [2.24, 2.45) is 0 Å². The maximum absolute atomic E-state index is 10.5.